The number of amides is 1. The Bertz CT molecular complexity index is 125. The maximum Gasteiger partial charge on any atom is 0.190 e. The monoisotopic (exact) mass is 172 g/mol. The van der Waals surface area contributed by atoms with Gasteiger partial charge in [-0.15, -0.1) is 0 Å². The van der Waals surface area contributed by atoms with Crippen LogP contribution in [0.5, 0.6) is 0 Å². The number of rotatable bonds is 4. The molecule has 0 aliphatic heterocycles. The molecule has 1 atom stereocenters. The van der Waals surface area contributed by atoms with Crippen LogP contribution in [0.3, 0.4) is 0 Å². The molecule has 0 bridgehead atoms. The van der Waals surface area contributed by atoms with Crippen molar-refractivity contribution in [2.45, 2.75) is 45.8 Å². The predicted molar refractivity (Wildman–Crippen MR) is 50.4 cm³/mol. The molecular formula is C8H18NOSi. The van der Waals surface area contributed by atoms with Gasteiger partial charge in [0.15, 0.2) is 14.3 Å². The van der Waals surface area contributed by atoms with Gasteiger partial charge in [-0.05, 0) is 13.3 Å². The van der Waals surface area contributed by atoms with E-state index in [0.29, 0.717) is 6.04 Å². The van der Waals surface area contributed by atoms with Gasteiger partial charge in [0.2, 0.25) is 0 Å². The molecule has 1 amide bonds. The first-order valence-electron chi connectivity index (χ1n) is 4.19. The van der Waals surface area contributed by atoms with Crippen molar-refractivity contribution in [2.24, 2.45) is 0 Å². The second-order valence-corrected chi connectivity index (χ2v) is 5.62. The van der Waals surface area contributed by atoms with Gasteiger partial charge in [-0.3, -0.25) is 4.79 Å². The average Bonchev–Trinajstić information content (AvgIpc) is 1.87. The van der Waals surface area contributed by atoms with Crippen LogP contribution in [0.1, 0.15) is 26.7 Å². The van der Waals surface area contributed by atoms with Crippen LogP contribution in [0.2, 0.25) is 13.1 Å². The number of carbonyl (C=O) groups is 1. The lowest BCUT2D eigenvalue weighted by molar-refractivity contribution is 0.255. The highest BCUT2D eigenvalue weighted by Crippen LogP contribution is 1.95. The van der Waals surface area contributed by atoms with Crippen LogP contribution < -0.4 is 5.32 Å². The molecule has 0 aliphatic carbocycles. The van der Waals surface area contributed by atoms with E-state index in [1.54, 1.807) is 0 Å². The highest BCUT2D eigenvalue weighted by atomic mass is 28.3. The summed E-state index contributed by atoms with van der Waals surface area (Å²) in [6.07, 6.45) is 2.22. The van der Waals surface area contributed by atoms with Crippen molar-refractivity contribution in [2.75, 3.05) is 0 Å². The molecule has 0 aromatic heterocycles. The average molecular weight is 172 g/mol. The lowest BCUT2D eigenvalue weighted by Crippen LogP contribution is -2.38. The summed E-state index contributed by atoms with van der Waals surface area (Å²) in [6, 6.07) is 0.354. The van der Waals surface area contributed by atoms with E-state index in [-0.39, 0.29) is 5.53 Å². The maximum atomic E-state index is 11.2. The molecule has 1 N–H and O–H groups in total. The van der Waals surface area contributed by atoms with Crippen LogP contribution >= 0.6 is 0 Å². The lowest BCUT2D eigenvalue weighted by atomic mass is 10.2. The third-order valence-corrected chi connectivity index (χ3v) is 2.61. The van der Waals surface area contributed by atoms with Crippen molar-refractivity contribution in [1.82, 2.24) is 5.32 Å². The van der Waals surface area contributed by atoms with Crippen molar-refractivity contribution in [3.63, 3.8) is 0 Å². The Kier molecular flexibility index (Phi) is 5.20. The van der Waals surface area contributed by atoms with Gasteiger partial charge < -0.3 is 5.32 Å². The Hall–Kier alpha value is -0.313. The minimum atomic E-state index is -0.775. The fraction of sp³-hybridized carbons (Fsp3) is 0.875. The third-order valence-electron chi connectivity index (χ3n) is 1.55. The largest absolute Gasteiger partial charge is 0.358 e. The zero-order chi connectivity index (χ0) is 8.85. The van der Waals surface area contributed by atoms with Crippen molar-refractivity contribution in [3.05, 3.63) is 0 Å². The molecule has 0 aromatic carbocycles. The van der Waals surface area contributed by atoms with Gasteiger partial charge in [0.1, 0.15) is 0 Å². The van der Waals surface area contributed by atoms with Crippen molar-refractivity contribution in [1.29, 1.82) is 0 Å². The summed E-state index contributed by atoms with van der Waals surface area (Å²) in [6.45, 7) is 8.22. The van der Waals surface area contributed by atoms with E-state index < -0.39 is 8.80 Å². The molecule has 3 heteroatoms. The van der Waals surface area contributed by atoms with Gasteiger partial charge in [-0.25, -0.2) is 0 Å². The predicted octanol–water partition coefficient (Wildman–Crippen LogP) is 2.22. The molecule has 1 unspecified atom stereocenters. The van der Waals surface area contributed by atoms with Crippen molar-refractivity contribution < 1.29 is 4.79 Å². The van der Waals surface area contributed by atoms with Crippen LogP contribution in [-0.4, -0.2) is 20.4 Å². The second kappa shape index (κ2) is 5.35. The summed E-state index contributed by atoms with van der Waals surface area (Å²) in [7, 11) is -0.775. The molecule has 0 heterocycles. The minimum absolute atomic E-state index is 0.260. The van der Waals surface area contributed by atoms with Crippen LogP contribution in [0.15, 0.2) is 0 Å². The Morgan fingerprint density at radius 2 is 2.09 bits per heavy atom. The fourth-order valence-corrected chi connectivity index (χ4v) is 1.41. The van der Waals surface area contributed by atoms with Gasteiger partial charge in [0, 0.05) is 6.04 Å². The van der Waals surface area contributed by atoms with Gasteiger partial charge in [0.05, 0.1) is 0 Å². The van der Waals surface area contributed by atoms with E-state index in [0.717, 1.165) is 12.8 Å². The Balaban J connectivity index is 3.57. The second-order valence-electron chi connectivity index (χ2n) is 3.16. The lowest BCUT2D eigenvalue weighted by Gasteiger charge is -2.13. The summed E-state index contributed by atoms with van der Waals surface area (Å²) in [5.74, 6) is 0. The number of hydrogen-bond donors (Lipinski definition) is 1. The molecule has 11 heavy (non-hydrogen) atoms. The van der Waals surface area contributed by atoms with E-state index in [2.05, 4.69) is 19.2 Å². The normalized spacial score (nSPS) is 13.2. The van der Waals surface area contributed by atoms with Crippen LogP contribution in [0, 0.1) is 0 Å². The van der Waals surface area contributed by atoms with E-state index >= 15 is 0 Å². The maximum absolute atomic E-state index is 11.2. The highest BCUT2D eigenvalue weighted by molar-refractivity contribution is 6.87. The van der Waals surface area contributed by atoms with Crippen molar-refractivity contribution in [3.8, 4) is 0 Å². The number of nitrogens with one attached hydrogen (secondary N) is 1. The third kappa shape index (κ3) is 5.01. The molecule has 0 aliphatic rings. The molecular weight excluding hydrogens is 154 g/mol. The minimum Gasteiger partial charge on any atom is -0.358 e. The van der Waals surface area contributed by atoms with Gasteiger partial charge in [0.25, 0.3) is 0 Å². The molecule has 0 aromatic rings. The van der Waals surface area contributed by atoms with Gasteiger partial charge in [-0.1, -0.05) is 26.4 Å². The highest BCUT2D eigenvalue weighted by Gasteiger charge is 2.10. The number of hydrogen-bond acceptors (Lipinski definition) is 1. The topological polar surface area (TPSA) is 29.1 Å². The van der Waals surface area contributed by atoms with E-state index in [1.165, 1.54) is 0 Å². The molecule has 0 saturated heterocycles. The standard InChI is InChI=1S/C8H18NOSi/c1-5-6-7(2)9-8(10)11(3)4/h7H,5-6H2,1-4H3,(H,9,10). The molecule has 1 radical (unpaired) electrons. The molecule has 0 rings (SSSR count). The van der Waals surface area contributed by atoms with Gasteiger partial charge in [-0.2, -0.15) is 0 Å². The zero-order valence-electron chi connectivity index (χ0n) is 7.90. The van der Waals surface area contributed by atoms with Crippen LogP contribution in [-0.2, 0) is 0 Å². The molecule has 65 valence electrons. The Morgan fingerprint density at radius 1 is 1.55 bits per heavy atom. The summed E-state index contributed by atoms with van der Waals surface area (Å²) in [5, 5.41) is 2.99. The number of carbonyl (C=O) groups excluding carboxylic acids is 1. The fourth-order valence-electron chi connectivity index (χ4n) is 0.873. The quantitative estimate of drug-likeness (QED) is 0.647. The van der Waals surface area contributed by atoms with Crippen molar-refractivity contribution >= 4 is 14.3 Å². The van der Waals surface area contributed by atoms with Crippen LogP contribution in [0.25, 0.3) is 0 Å². The summed E-state index contributed by atoms with van der Waals surface area (Å²) in [4.78, 5) is 11.2. The first kappa shape index (κ1) is 10.7. The molecule has 0 fully saturated rings. The SMILES string of the molecule is CCCC(C)NC(=O)[Si](C)C. The smallest absolute Gasteiger partial charge is 0.190 e. The molecule has 2 nitrogen and oxygen atoms in total. The van der Waals surface area contributed by atoms with E-state index in [1.807, 2.05) is 13.1 Å². The first-order valence-corrected chi connectivity index (χ1v) is 6.69. The van der Waals surface area contributed by atoms with Gasteiger partial charge >= 0.3 is 0 Å². The van der Waals surface area contributed by atoms with E-state index in [4.69, 9.17) is 0 Å². The zero-order valence-corrected chi connectivity index (χ0v) is 8.90. The summed E-state index contributed by atoms with van der Waals surface area (Å²) >= 11 is 0. The van der Waals surface area contributed by atoms with E-state index in [9.17, 15) is 4.79 Å². The van der Waals surface area contributed by atoms with Crippen LogP contribution in [0.4, 0.5) is 4.79 Å². The Labute approximate surface area is 71.0 Å². The first-order chi connectivity index (χ1) is 5.07. The molecule has 0 saturated carbocycles. The summed E-state index contributed by atoms with van der Waals surface area (Å²) < 4.78 is 0. The Morgan fingerprint density at radius 3 is 2.45 bits per heavy atom. The summed E-state index contributed by atoms with van der Waals surface area (Å²) in [5.41, 5.74) is 0.260. The molecule has 0 spiro atoms.